The highest BCUT2D eigenvalue weighted by atomic mass is 19.1. The lowest BCUT2D eigenvalue weighted by Crippen LogP contribution is -2.56. The summed E-state index contributed by atoms with van der Waals surface area (Å²) in [7, 11) is 0. The lowest BCUT2D eigenvalue weighted by Gasteiger charge is -2.51. The summed E-state index contributed by atoms with van der Waals surface area (Å²) in [5.41, 5.74) is 1.17. The normalized spacial score (nSPS) is 31.1. The van der Waals surface area contributed by atoms with Crippen LogP contribution in [-0.2, 0) is 0 Å². The minimum Gasteiger partial charge on any atom is -0.313 e. The molecule has 0 radical (unpaired) electrons. The fourth-order valence-corrected chi connectivity index (χ4v) is 3.50. The van der Waals surface area contributed by atoms with Gasteiger partial charge in [0.25, 0.3) is 0 Å². The Morgan fingerprint density at radius 2 is 2.06 bits per heavy atom. The first kappa shape index (κ1) is 13.5. The van der Waals surface area contributed by atoms with Crippen LogP contribution in [0.3, 0.4) is 0 Å². The molecule has 100 valence electrons. The Kier molecular flexibility index (Phi) is 4.39. The molecule has 0 saturated heterocycles. The molecule has 0 aromatic heterocycles. The molecule has 0 bridgehead atoms. The number of halogens is 1. The fourth-order valence-electron chi connectivity index (χ4n) is 3.50. The molecule has 1 N–H and O–H groups in total. The van der Waals surface area contributed by atoms with E-state index in [1.807, 2.05) is 6.07 Å². The lowest BCUT2D eigenvalue weighted by molar-refractivity contribution is 0.0785. The van der Waals surface area contributed by atoms with Crippen molar-refractivity contribution in [2.45, 2.75) is 45.6 Å². The summed E-state index contributed by atoms with van der Waals surface area (Å²) in [5.74, 6) is 1.65. The standard InChI is InChI=1S/C16H24FN/c1-4-9-18-16-11(3)15(14(16)5-2)12-7-6-8-13(17)10-12/h6-8,10-11,14-16,18H,4-5,9H2,1-3H3. The summed E-state index contributed by atoms with van der Waals surface area (Å²) in [4.78, 5) is 0. The quantitative estimate of drug-likeness (QED) is 0.833. The van der Waals surface area contributed by atoms with Gasteiger partial charge in [-0.2, -0.15) is 0 Å². The molecule has 0 heterocycles. The number of hydrogen-bond donors (Lipinski definition) is 1. The van der Waals surface area contributed by atoms with E-state index in [1.54, 1.807) is 6.07 Å². The maximum absolute atomic E-state index is 13.3. The van der Waals surface area contributed by atoms with E-state index in [0.717, 1.165) is 13.0 Å². The van der Waals surface area contributed by atoms with E-state index in [-0.39, 0.29) is 5.82 Å². The predicted molar refractivity (Wildman–Crippen MR) is 74.2 cm³/mol. The van der Waals surface area contributed by atoms with Crippen LogP contribution < -0.4 is 5.32 Å². The van der Waals surface area contributed by atoms with E-state index in [1.165, 1.54) is 18.1 Å². The highest BCUT2D eigenvalue weighted by molar-refractivity contribution is 5.27. The van der Waals surface area contributed by atoms with Crippen LogP contribution in [0, 0.1) is 17.7 Å². The van der Waals surface area contributed by atoms with E-state index in [4.69, 9.17) is 0 Å². The van der Waals surface area contributed by atoms with Crippen molar-refractivity contribution in [1.29, 1.82) is 0 Å². The van der Waals surface area contributed by atoms with E-state index < -0.39 is 0 Å². The average molecular weight is 249 g/mol. The van der Waals surface area contributed by atoms with Gasteiger partial charge in [-0.05, 0) is 48.4 Å². The molecule has 1 fully saturated rings. The summed E-state index contributed by atoms with van der Waals surface area (Å²) in [6, 6.07) is 7.74. The fraction of sp³-hybridized carbons (Fsp3) is 0.625. The smallest absolute Gasteiger partial charge is 0.123 e. The average Bonchev–Trinajstić information content (AvgIpc) is 2.36. The molecule has 0 spiro atoms. The van der Waals surface area contributed by atoms with Crippen molar-refractivity contribution in [2.24, 2.45) is 11.8 Å². The zero-order chi connectivity index (χ0) is 13.1. The largest absolute Gasteiger partial charge is 0.313 e. The van der Waals surface area contributed by atoms with E-state index in [9.17, 15) is 4.39 Å². The van der Waals surface area contributed by atoms with Crippen LogP contribution in [0.5, 0.6) is 0 Å². The molecular weight excluding hydrogens is 225 g/mol. The number of nitrogens with one attached hydrogen (secondary N) is 1. The van der Waals surface area contributed by atoms with Crippen LogP contribution in [0.15, 0.2) is 24.3 Å². The predicted octanol–water partition coefficient (Wildman–Crippen LogP) is 3.95. The summed E-state index contributed by atoms with van der Waals surface area (Å²) in [5, 5.41) is 3.64. The van der Waals surface area contributed by atoms with Crippen molar-refractivity contribution in [3.63, 3.8) is 0 Å². The van der Waals surface area contributed by atoms with Crippen LogP contribution in [-0.4, -0.2) is 12.6 Å². The molecule has 1 aliphatic carbocycles. The molecule has 4 unspecified atom stereocenters. The van der Waals surface area contributed by atoms with Gasteiger partial charge in [0.2, 0.25) is 0 Å². The molecular formula is C16H24FN. The van der Waals surface area contributed by atoms with E-state index in [2.05, 4.69) is 32.2 Å². The number of benzene rings is 1. The highest BCUT2D eigenvalue weighted by Gasteiger charge is 2.46. The summed E-state index contributed by atoms with van der Waals surface area (Å²) >= 11 is 0. The monoisotopic (exact) mass is 249 g/mol. The maximum atomic E-state index is 13.3. The van der Waals surface area contributed by atoms with Gasteiger partial charge in [-0.1, -0.05) is 39.3 Å². The SMILES string of the molecule is CCCNC1C(C)C(c2cccc(F)c2)C1CC. The van der Waals surface area contributed by atoms with Gasteiger partial charge in [0, 0.05) is 6.04 Å². The second-order valence-corrected chi connectivity index (χ2v) is 5.49. The summed E-state index contributed by atoms with van der Waals surface area (Å²) in [6.45, 7) is 7.81. The van der Waals surface area contributed by atoms with Crippen molar-refractivity contribution in [1.82, 2.24) is 5.32 Å². The van der Waals surface area contributed by atoms with Crippen LogP contribution in [0.4, 0.5) is 4.39 Å². The van der Waals surface area contributed by atoms with Crippen molar-refractivity contribution in [3.8, 4) is 0 Å². The Hall–Kier alpha value is -0.890. The van der Waals surface area contributed by atoms with Crippen LogP contribution in [0.1, 0.15) is 45.1 Å². The van der Waals surface area contributed by atoms with E-state index >= 15 is 0 Å². The number of hydrogen-bond acceptors (Lipinski definition) is 1. The van der Waals surface area contributed by atoms with Gasteiger partial charge in [-0.15, -0.1) is 0 Å². The minimum atomic E-state index is -0.112. The first-order valence-corrected chi connectivity index (χ1v) is 7.17. The first-order valence-electron chi connectivity index (χ1n) is 7.17. The summed E-state index contributed by atoms with van der Waals surface area (Å²) in [6.07, 6.45) is 2.33. The van der Waals surface area contributed by atoms with Crippen LogP contribution >= 0.6 is 0 Å². The molecule has 2 heteroatoms. The topological polar surface area (TPSA) is 12.0 Å². The molecule has 0 amide bonds. The van der Waals surface area contributed by atoms with Crippen LogP contribution in [0.2, 0.25) is 0 Å². The van der Waals surface area contributed by atoms with Crippen molar-refractivity contribution in [3.05, 3.63) is 35.6 Å². The zero-order valence-corrected chi connectivity index (χ0v) is 11.6. The third kappa shape index (κ3) is 2.44. The number of rotatable bonds is 5. The Balaban J connectivity index is 2.10. The van der Waals surface area contributed by atoms with Crippen molar-refractivity contribution in [2.75, 3.05) is 6.54 Å². The second kappa shape index (κ2) is 5.83. The summed E-state index contributed by atoms with van der Waals surface area (Å²) < 4.78 is 13.3. The third-order valence-electron chi connectivity index (χ3n) is 4.39. The van der Waals surface area contributed by atoms with Crippen molar-refractivity contribution >= 4 is 0 Å². The molecule has 2 rings (SSSR count). The van der Waals surface area contributed by atoms with Gasteiger partial charge < -0.3 is 5.32 Å². The molecule has 1 aromatic carbocycles. The first-order chi connectivity index (χ1) is 8.69. The van der Waals surface area contributed by atoms with Crippen LogP contribution in [0.25, 0.3) is 0 Å². The highest BCUT2D eigenvalue weighted by Crippen LogP contribution is 2.49. The minimum absolute atomic E-state index is 0.112. The lowest BCUT2D eigenvalue weighted by atomic mass is 9.58. The van der Waals surface area contributed by atoms with Gasteiger partial charge in [0.15, 0.2) is 0 Å². The molecule has 0 aliphatic heterocycles. The Morgan fingerprint density at radius 1 is 1.28 bits per heavy atom. The van der Waals surface area contributed by atoms with Gasteiger partial charge in [-0.3, -0.25) is 0 Å². The zero-order valence-electron chi connectivity index (χ0n) is 11.6. The molecule has 1 nitrogen and oxygen atoms in total. The Labute approximate surface area is 110 Å². The van der Waals surface area contributed by atoms with Gasteiger partial charge in [-0.25, -0.2) is 4.39 Å². The Morgan fingerprint density at radius 3 is 2.67 bits per heavy atom. The van der Waals surface area contributed by atoms with E-state index in [0.29, 0.717) is 23.8 Å². The van der Waals surface area contributed by atoms with Gasteiger partial charge in [0.1, 0.15) is 5.82 Å². The molecule has 4 atom stereocenters. The molecule has 1 aliphatic rings. The third-order valence-corrected chi connectivity index (χ3v) is 4.39. The second-order valence-electron chi connectivity index (χ2n) is 5.49. The van der Waals surface area contributed by atoms with Gasteiger partial charge >= 0.3 is 0 Å². The van der Waals surface area contributed by atoms with Gasteiger partial charge in [0.05, 0.1) is 0 Å². The Bertz CT molecular complexity index is 390. The van der Waals surface area contributed by atoms with Crippen molar-refractivity contribution < 1.29 is 4.39 Å². The maximum Gasteiger partial charge on any atom is 0.123 e. The molecule has 18 heavy (non-hydrogen) atoms. The molecule has 1 saturated carbocycles. The molecule has 1 aromatic rings.